The van der Waals surface area contributed by atoms with Crippen LogP contribution < -0.4 is 10.6 Å². The van der Waals surface area contributed by atoms with E-state index in [1.54, 1.807) is 30.6 Å². The minimum absolute atomic E-state index is 0.00141. The molecule has 10 heteroatoms. The summed E-state index contributed by atoms with van der Waals surface area (Å²) in [5, 5.41) is 13.6. The number of hydrogen-bond acceptors (Lipinski definition) is 6. The largest absolute Gasteiger partial charge is 0.445 e. The highest BCUT2D eigenvalue weighted by molar-refractivity contribution is 6.03. The molecule has 4 aromatic rings. The molecular formula is C26H24N6O4. The van der Waals surface area contributed by atoms with Crippen LogP contribution in [0.15, 0.2) is 73.1 Å². The Kier molecular flexibility index (Phi) is 6.57. The SMILES string of the molecule is O=C(NC1CN(C(=O)OCc2ccccc2)CCNC1=O)c1ccc2[nH]nc(-c3ccncc3)c2c1. The number of nitrogens with one attached hydrogen (secondary N) is 3. The number of aromatic amines is 1. The Bertz CT molecular complexity index is 1390. The maximum atomic E-state index is 13.1. The van der Waals surface area contributed by atoms with E-state index in [0.29, 0.717) is 11.3 Å². The van der Waals surface area contributed by atoms with Crippen molar-refractivity contribution in [3.63, 3.8) is 0 Å². The molecule has 182 valence electrons. The second-order valence-corrected chi connectivity index (χ2v) is 8.37. The van der Waals surface area contributed by atoms with E-state index in [-0.39, 0.29) is 32.1 Å². The number of aromatic nitrogens is 3. The lowest BCUT2D eigenvalue weighted by Gasteiger charge is -2.23. The van der Waals surface area contributed by atoms with Crippen LogP contribution in [0.4, 0.5) is 4.79 Å². The molecule has 1 aliphatic heterocycles. The quantitative estimate of drug-likeness (QED) is 0.399. The lowest BCUT2D eigenvalue weighted by Crippen LogP contribution is -2.50. The molecule has 1 atom stereocenters. The van der Waals surface area contributed by atoms with E-state index in [0.717, 1.165) is 22.0 Å². The van der Waals surface area contributed by atoms with Gasteiger partial charge in [0.05, 0.1) is 12.1 Å². The predicted molar refractivity (Wildman–Crippen MR) is 132 cm³/mol. The number of nitrogens with zero attached hydrogens (tertiary/aromatic N) is 3. The molecule has 0 radical (unpaired) electrons. The zero-order valence-electron chi connectivity index (χ0n) is 19.3. The highest BCUT2D eigenvalue weighted by Gasteiger charge is 2.30. The first-order valence-corrected chi connectivity index (χ1v) is 11.5. The van der Waals surface area contributed by atoms with Crippen molar-refractivity contribution >= 4 is 28.8 Å². The van der Waals surface area contributed by atoms with Crippen molar-refractivity contribution in [2.24, 2.45) is 0 Å². The zero-order chi connectivity index (χ0) is 24.9. The molecule has 3 N–H and O–H groups in total. The van der Waals surface area contributed by atoms with Gasteiger partial charge in [-0.1, -0.05) is 30.3 Å². The van der Waals surface area contributed by atoms with E-state index in [1.807, 2.05) is 42.5 Å². The summed E-state index contributed by atoms with van der Waals surface area (Å²) in [5.41, 5.74) is 3.57. The number of ether oxygens (including phenoxy) is 1. The molecule has 3 amide bonds. The van der Waals surface area contributed by atoms with Crippen LogP contribution in [0.5, 0.6) is 0 Å². The Balaban J connectivity index is 1.29. The minimum Gasteiger partial charge on any atom is -0.445 e. The predicted octanol–water partition coefficient (Wildman–Crippen LogP) is 2.49. The first kappa shape index (κ1) is 23.0. The average Bonchev–Trinajstić information content (AvgIpc) is 3.26. The Morgan fingerprint density at radius 3 is 2.69 bits per heavy atom. The average molecular weight is 485 g/mol. The van der Waals surface area contributed by atoms with Gasteiger partial charge < -0.3 is 20.3 Å². The molecule has 1 fully saturated rings. The summed E-state index contributed by atoms with van der Waals surface area (Å²) in [6.07, 6.45) is 2.80. The molecule has 10 nitrogen and oxygen atoms in total. The van der Waals surface area contributed by atoms with Crippen LogP contribution in [0.1, 0.15) is 15.9 Å². The Morgan fingerprint density at radius 1 is 1.08 bits per heavy atom. The van der Waals surface area contributed by atoms with Gasteiger partial charge in [-0.25, -0.2) is 4.79 Å². The van der Waals surface area contributed by atoms with E-state index in [9.17, 15) is 14.4 Å². The first-order chi connectivity index (χ1) is 17.6. The zero-order valence-corrected chi connectivity index (χ0v) is 19.3. The number of H-pyrrole nitrogens is 1. The van der Waals surface area contributed by atoms with Crippen LogP contribution in [0.2, 0.25) is 0 Å². The van der Waals surface area contributed by atoms with Crippen LogP contribution >= 0.6 is 0 Å². The van der Waals surface area contributed by atoms with Crippen molar-refractivity contribution in [2.45, 2.75) is 12.6 Å². The van der Waals surface area contributed by atoms with Gasteiger partial charge >= 0.3 is 6.09 Å². The molecular weight excluding hydrogens is 460 g/mol. The van der Waals surface area contributed by atoms with Gasteiger partial charge in [0.2, 0.25) is 5.91 Å². The first-order valence-electron chi connectivity index (χ1n) is 11.5. The van der Waals surface area contributed by atoms with E-state index in [2.05, 4.69) is 25.8 Å². The van der Waals surface area contributed by atoms with E-state index < -0.39 is 18.0 Å². The number of pyridine rings is 1. The van der Waals surface area contributed by atoms with Crippen molar-refractivity contribution in [2.75, 3.05) is 19.6 Å². The topological polar surface area (TPSA) is 129 Å². The lowest BCUT2D eigenvalue weighted by molar-refractivity contribution is -0.122. The molecule has 2 aromatic heterocycles. The molecule has 1 aliphatic rings. The highest BCUT2D eigenvalue weighted by Crippen LogP contribution is 2.26. The van der Waals surface area contributed by atoms with Gasteiger partial charge in [-0.2, -0.15) is 5.10 Å². The molecule has 36 heavy (non-hydrogen) atoms. The van der Waals surface area contributed by atoms with Crippen molar-refractivity contribution in [1.29, 1.82) is 0 Å². The molecule has 0 aliphatic carbocycles. The van der Waals surface area contributed by atoms with Crippen LogP contribution in [0.25, 0.3) is 22.2 Å². The highest BCUT2D eigenvalue weighted by atomic mass is 16.6. The van der Waals surface area contributed by atoms with Gasteiger partial charge in [0, 0.05) is 42.0 Å². The molecule has 1 unspecified atom stereocenters. The summed E-state index contributed by atoms with van der Waals surface area (Å²) in [6, 6.07) is 17.2. The number of carbonyl (C=O) groups excluding carboxylic acids is 3. The summed E-state index contributed by atoms with van der Waals surface area (Å²) in [5.74, 6) is -0.790. The monoisotopic (exact) mass is 484 g/mol. The van der Waals surface area contributed by atoms with Crippen LogP contribution in [0, 0.1) is 0 Å². The number of rotatable bonds is 5. The van der Waals surface area contributed by atoms with Gasteiger partial charge in [-0.3, -0.25) is 19.7 Å². The third kappa shape index (κ3) is 5.02. The third-order valence-electron chi connectivity index (χ3n) is 5.95. The number of fused-ring (bicyclic) bond motifs is 1. The van der Waals surface area contributed by atoms with E-state index in [4.69, 9.17) is 4.74 Å². The summed E-state index contributed by atoms with van der Waals surface area (Å²) in [6.45, 7) is 0.671. The van der Waals surface area contributed by atoms with Crippen LogP contribution in [-0.2, 0) is 16.1 Å². The van der Waals surface area contributed by atoms with Crippen LogP contribution in [-0.4, -0.2) is 63.7 Å². The third-order valence-corrected chi connectivity index (χ3v) is 5.95. The number of amides is 3. The summed E-state index contributed by atoms with van der Waals surface area (Å²) < 4.78 is 5.41. The molecule has 0 saturated carbocycles. The normalized spacial score (nSPS) is 15.7. The molecule has 0 bridgehead atoms. The van der Waals surface area contributed by atoms with Crippen molar-refractivity contribution in [1.82, 2.24) is 30.7 Å². The fourth-order valence-corrected chi connectivity index (χ4v) is 4.05. The van der Waals surface area contributed by atoms with Crippen molar-refractivity contribution in [3.8, 4) is 11.3 Å². The van der Waals surface area contributed by atoms with Gasteiger partial charge in [0.25, 0.3) is 5.91 Å². The second kappa shape index (κ2) is 10.3. The summed E-state index contributed by atoms with van der Waals surface area (Å²) in [4.78, 5) is 43.8. The van der Waals surface area contributed by atoms with Gasteiger partial charge in [-0.15, -0.1) is 0 Å². The lowest BCUT2D eigenvalue weighted by atomic mass is 10.1. The maximum absolute atomic E-state index is 13.1. The smallest absolute Gasteiger partial charge is 0.410 e. The fraction of sp³-hybridized carbons (Fsp3) is 0.192. The molecule has 5 rings (SSSR count). The number of carbonyl (C=O) groups is 3. The maximum Gasteiger partial charge on any atom is 0.410 e. The Morgan fingerprint density at radius 2 is 1.89 bits per heavy atom. The van der Waals surface area contributed by atoms with Crippen molar-refractivity contribution < 1.29 is 19.1 Å². The second-order valence-electron chi connectivity index (χ2n) is 8.37. The van der Waals surface area contributed by atoms with Gasteiger partial charge in [-0.05, 0) is 35.9 Å². The standard InChI is InChI=1S/C26H24N6O4/c33-24(19-6-7-21-20(14-19)23(31-30-21)18-8-10-27-11-9-18)29-22-15-32(13-12-28-25(22)34)26(35)36-16-17-4-2-1-3-5-17/h1-11,14,22H,12-13,15-16H2,(H,28,34)(H,29,33)(H,30,31). The van der Waals surface area contributed by atoms with Crippen molar-refractivity contribution in [3.05, 3.63) is 84.2 Å². The Labute approximate surface area is 206 Å². The fourth-order valence-electron chi connectivity index (χ4n) is 4.05. The van der Waals surface area contributed by atoms with Crippen LogP contribution in [0.3, 0.4) is 0 Å². The summed E-state index contributed by atoms with van der Waals surface area (Å²) >= 11 is 0. The molecule has 2 aromatic carbocycles. The Hall–Kier alpha value is -4.73. The summed E-state index contributed by atoms with van der Waals surface area (Å²) in [7, 11) is 0. The molecule has 1 saturated heterocycles. The number of benzene rings is 2. The van der Waals surface area contributed by atoms with E-state index in [1.165, 1.54) is 4.90 Å². The van der Waals surface area contributed by atoms with Gasteiger partial charge in [0.1, 0.15) is 18.3 Å². The van der Waals surface area contributed by atoms with E-state index >= 15 is 0 Å². The molecule has 0 spiro atoms. The van der Waals surface area contributed by atoms with Gasteiger partial charge in [0.15, 0.2) is 0 Å². The molecule has 3 heterocycles. The number of hydrogen-bond donors (Lipinski definition) is 3. The minimum atomic E-state index is -0.927.